The van der Waals surface area contributed by atoms with Gasteiger partial charge in [-0.1, -0.05) is 55.1 Å². The van der Waals surface area contributed by atoms with Crippen LogP contribution < -0.4 is 5.32 Å². The number of aromatic nitrogens is 3. The minimum atomic E-state index is -0.0791. The fourth-order valence-electron chi connectivity index (χ4n) is 3.73. The number of anilines is 1. The van der Waals surface area contributed by atoms with Crippen molar-refractivity contribution < 1.29 is 0 Å². The average Bonchev–Trinajstić information content (AvgIpc) is 3.22. The molecule has 0 bridgehead atoms. The van der Waals surface area contributed by atoms with E-state index in [-0.39, 0.29) is 6.04 Å². The summed E-state index contributed by atoms with van der Waals surface area (Å²) in [5, 5.41) is 4.83. The highest BCUT2D eigenvalue weighted by molar-refractivity contribution is 5.94. The van der Waals surface area contributed by atoms with E-state index in [0.29, 0.717) is 0 Å². The van der Waals surface area contributed by atoms with E-state index < -0.39 is 0 Å². The van der Waals surface area contributed by atoms with Gasteiger partial charge in [-0.2, -0.15) is 0 Å². The molecule has 0 aliphatic rings. The molecule has 3 aromatic carbocycles. The average molecular weight is 376 g/mol. The lowest BCUT2D eigenvalue weighted by Crippen LogP contribution is -2.12. The monoisotopic (exact) mass is 376 g/mol. The molecular formula is C25H20N4. The van der Waals surface area contributed by atoms with Crippen LogP contribution in [0.15, 0.2) is 98.0 Å². The Morgan fingerprint density at radius 3 is 2.48 bits per heavy atom. The Balaban J connectivity index is 1.57. The number of rotatable bonds is 5. The van der Waals surface area contributed by atoms with Gasteiger partial charge in [-0.05, 0) is 35.4 Å². The zero-order valence-electron chi connectivity index (χ0n) is 15.8. The summed E-state index contributed by atoms with van der Waals surface area (Å²) >= 11 is 0. The summed E-state index contributed by atoms with van der Waals surface area (Å²) in [7, 11) is 0. The minimum absolute atomic E-state index is 0.0791. The fraction of sp³-hybridized carbons (Fsp3) is 0.0400. The number of nitrogens with zero attached hydrogens (tertiary/aromatic N) is 2. The normalized spacial score (nSPS) is 12.1. The largest absolute Gasteiger partial charge is 0.374 e. The van der Waals surface area contributed by atoms with Crippen molar-refractivity contribution in [1.29, 1.82) is 0 Å². The molecule has 2 aromatic heterocycles. The molecule has 2 heterocycles. The van der Waals surface area contributed by atoms with E-state index in [1.807, 2.05) is 36.5 Å². The lowest BCUT2D eigenvalue weighted by atomic mass is 9.93. The molecule has 1 unspecified atom stereocenters. The van der Waals surface area contributed by atoms with Gasteiger partial charge in [0, 0.05) is 40.7 Å². The molecule has 29 heavy (non-hydrogen) atoms. The quantitative estimate of drug-likeness (QED) is 0.397. The van der Waals surface area contributed by atoms with Gasteiger partial charge in [0.05, 0.1) is 17.1 Å². The first-order valence-corrected chi connectivity index (χ1v) is 9.57. The van der Waals surface area contributed by atoms with Gasteiger partial charge in [-0.25, -0.2) is 0 Å². The van der Waals surface area contributed by atoms with Crippen LogP contribution in [0.5, 0.6) is 0 Å². The molecule has 0 aliphatic carbocycles. The molecule has 0 fully saturated rings. The second kappa shape index (κ2) is 7.24. The van der Waals surface area contributed by atoms with Crippen LogP contribution in [0.2, 0.25) is 0 Å². The first-order chi connectivity index (χ1) is 14.3. The van der Waals surface area contributed by atoms with Crippen molar-refractivity contribution in [1.82, 2.24) is 15.0 Å². The Bertz CT molecular complexity index is 1300. The Kier molecular flexibility index (Phi) is 4.30. The molecule has 140 valence electrons. The van der Waals surface area contributed by atoms with E-state index in [2.05, 4.69) is 69.3 Å². The highest BCUT2D eigenvalue weighted by Gasteiger charge is 2.19. The third-order valence-corrected chi connectivity index (χ3v) is 5.20. The van der Waals surface area contributed by atoms with Crippen molar-refractivity contribution >= 4 is 33.2 Å². The van der Waals surface area contributed by atoms with Crippen molar-refractivity contribution in [2.75, 3.05) is 5.32 Å². The first kappa shape index (κ1) is 17.2. The molecule has 5 aromatic rings. The van der Waals surface area contributed by atoms with Crippen LogP contribution in [0.1, 0.15) is 17.2 Å². The van der Waals surface area contributed by atoms with Crippen molar-refractivity contribution in [2.24, 2.45) is 0 Å². The number of fused-ring (bicyclic) bond motifs is 2. The van der Waals surface area contributed by atoms with E-state index in [1.165, 1.54) is 5.39 Å². The number of H-pyrrole nitrogens is 1. The summed E-state index contributed by atoms with van der Waals surface area (Å²) in [5.74, 6) is 0. The van der Waals surface area contributed by atoms with Crippen LogP contribution in [0.4, 0.5) is 5.69 Å². The standard InChI is InChI=1S/C25H20N4/c1-17(21-16-28-22-10-6-5-9-20(21)22)25(18-7-3-2-4-8-18)29-19-11-12-23-24(15-19)27-14-13-26-23/h2-16,25,28-29H,1H2. The highest BCUT2D eigenvalue weighted by Crippen LogP contribution is 2.35. The van der Waals surface area contributed by atoms with Gasteiger partial charge < -0.3 is 10.3 Å². The smallest absolute Gasteiger partial charge is 0.0907 e. The molecule has 0 radical (unpaired) electrons. The third-order valence-electron chi connectivity index (χ3n) is 5.20. The molecule has 4 heteroatoms. The summed E-state index contributed by atoms with van der Waals surface area (Å²) in [6, 6.07) is 24.7. The molecule has 5 rings (SSSR count). The summed E-state index contributed by atoms with van der Waals surface area (Å²) in [6.45, 7) is 4.47. The predicted octanol–water partition coefficient (Wildman–Crippen LogP) is 5.98. The van der Waals surface area contributed by atoms with Gasteiger partial charge >= 0.3 is 0 Å². The molecule has 1 atom stereocenters. The lowest BCUT2D eigenvalue weighted by Gasteiger charge is -2.23. The second-order valence-electron chi connectivity index (χ2n) is 7.02. The van der Waals surface area contributed by atoms with Gasteiger partial charge in [0.15, 0.2) is 0 Å². The van der Waals surface area contributed by atoms with Gasteiger partial charge in [-0.15, -0.1) is 0 Å². The maximum absolute atomic E-state index is 4.47. The highest BCUT2D eigenvalue weighted by atomic mass is 14.9. The van der Waals surface area contributed by atoms with Gasteiger partial charge in [0.1, 0.15) is 0 Å². The van der Waals surface area contributed by atoms with Crippen molar-refractivity contribution in [2.45, 2.75) is 6.04 Å². The third kappa shape index (κ3) is 3.25. The summed E-state index contributed by atoms with van der Waals surface area (Å²) in [4.78, 5) is 12.1. The van der Waals surface area contributed by atoms with E-state index in [0.717, 1.165) is 38.9 Å². The Morgan fingerprint density at radius 1 is 0.862 bits per heavy atom. The molecule has 0 saturated carbocycles. The van der Waals surface area contributed by atoms with Gasteiger partial charge in [0.25, 0.3) is 0 Å². The topological polar surface area (TPSA) is 53.6 Å². The summed E-state index contributed by atoms with van der Waals surface area (Å²) < 4.78 is 0. The van der Waals surface area contributed by atoms with Crippen LogP contribution in [-0.2, 0) is 0 Å². The zero-order chi connectivity index (χ0) is 19.6. The number of hydrogen-bond donors (Lipinski definition) is 2. The zero-order valence-corrected chi connectivity index (χ0v) is 15.8. The maximum Gasteiger partial charge on any atom is 0.0907 e. The Morgan fingerprint density at radius 2 is 1.62 bits per heavy atom. The molecular weight excluding hydrogens is 356 g/mol. The van der Waals surface area contributed by atoms with E-state index in [1.54, 1.807) is 12.4 Å². The number of hydrogen-bond acceptors (Lipinski definition) is 3. The molecule has 0 spiro atoms. The van der Waals surface area contributed by atoms with Crippen molar-refractivity contribution in [3.8, 4) is 0 Å². The van der Waals surface area contributed by atoms with Gasteiger partial charge in [-0.3, -0.25) is 9.97 Å². The SMILES string of the molecule is C=C(c1c[nH]c2ccccc12)C(Nc1ccc2nccnc2c1)c1ccccc1. The second-order valence-corrected chi connectivity index (χ2v) is 7.02. The van der Waals surface area contributed by atoms with E-state index in [4.69, 9.17) is 0 Å². The fourth-order valence-corrected chi connectivity index (χ4v) is 3.73. The number of aromatic amines is 1. The Labute approximate surface area is 169 Å². The van der Waals surface area contributed by atoms with Crippen molar-refractivity contribution in [3.05, 3.63) is 109 Å². The van der Waals surface area contributed by atoms with E-state index >= 15 is 0 Å². The van der Waals surface area contributed by atoms with Crippen LogP contribution in [0, 0.1) is 0 Å². The summed E-state index contributed by atoms with van der Waals surface area (Å²) in [5.41, 5.74) is 7.11. The molecule has 2 N–H and O–H groups in total. The predicted molar refractivity (Wildman–Crippen MR) is 120 cm³/mol. The minimum Gasteiger partial charge on any atom is -0.374 e. The molecule has 0 aliphatic heterocycles. The molecule has 0 saturated heterocycles. The summed E-state index contributed by atoms with van der Waals surface area (Å²) in [6.07, 6.45) is 5.46. The van der Waals surface area contributed by atoms with Crippen LogP contribution >= 0.6 is 0 Å². The van der Waals surface area contributed by atoms with Crippen molar-refractivity contribution in [3.63, 3.8) is 0 Å². The first-order valence-electron chi connectivity index (χ1n) is 9.57. The number of benzene rings is 3. The van der Waals surface area contributed by atoms with E-state index in [9.17, 15) is 0 Å². The number of para-hydroxylation sites is 1. The molecule has 4 nitrogen and oxygen atoms in total. The Hall–Kier alpha value is -3.92. The van der Waals surface area contributed by atoms with Crippen LogP contribution in [0.25, 0.3) is 27.5 Å². The lowest BCUT2D eigenvalue weighted by molar-refractivity contribution is 1.01. The maximum atomic E-state index is 4.47. The van der Waals surface area contributed by atoms with Gasteiger partial charge in [0.2, 0.25) is 0 Å². The number of nitrogens with one attached hydrogen (secondary N) is 2. The molecule has 0 amide bonds. The van der Waals surface area contributed by atoms with Crippen LogP contribution in [0.3, 0.4) is 0 Å². The van der Waals surface area contributed by atoms with Crippen LogP contribution in [-0.4, -0.2) is 15.0 Å².